The molecule has 27 heavy (non-hydrogen) atoms. The van der Waals surface area contributed by atoms with Crippen molar-refractivity contribution >= 4 is 40.6 Å². The number of rotatable bonds is 6. The molecule has 0 aliphatic carbocycles. The Labute approximate surface area is 167 Å². The van der Waals surface area contributed by atoms with Gasteiger partial charge in [0.15, 0.2) is 5.16 Å². The predicted octanol–water partition coefficient (Wildman–Crippen LogP) is 3.63. The molecule has 3 rings (SSSR count). The summed E-state index contributed by atoms with van der Waals surface area (Å²) >= 11 is 7.51. The summed E-state index contributed by atoms with van der Waals surface area (Å²) in [5, 5.41) is 4.12. The molecule has 1 aliphatic heterocycles. The van der Waals surface area contributed by atoms with Crippen LogP contribution < -0.4 is 15.8 Å². The maximum atomic E-state index is 12.5. The fourth-order valence-corrected chi connectivity index (χ4v) is 3.86. The molecular formula is C19H23ClN4O2S. The molecule has 2 N–H and O–H groups in total. The second-order valence-electron chi connectivity index (χ2n) is 6.54. The number of aromatic amines is 1. The van der Waals surface area contributed by atoms with E-state index in [1.807, 2.05) is 18.4 Å². The van der Waals surface area contributed by atoms with Crippen LogP contribution in [0.1, 0.15) is 30.5 Å². The minimum Gasteiger partial charge on any atom is -0.370 e. The summed E-state index contributed by atoms with van der Waals surface area (Å²) in [5.41, 5.74) is 2.74. The van der Waals surface area contributed by atoms with Gasteiger partial charge in [-0.2, -0.15) is 0 Å². The first-order valence-electron chi connectivity index (χ1n) is 8.96. The summed E-state index contributed by atoms with van der Waals surface area (Å²) in [6.07, 6.45) is 4.70. The van der Waals surface area contributed by atoms with Crippen molar-refractivity contribution in [3.8, 4) is 0 Å². The highest BCUT2D eigenvalue weighted by molar-refractivity contribution is 7.98. The molecule has 0 radical (unpaired) electrons. The number of aromatic nitrogens is 2. The Morgan fingerprint density at radius 1 is 1.37 bits per heavy atom. The van der Waals surface area contributed by atoms with Gasteiger partial charge < -0.3 is 15.2 Å². The minimum absolute atomic E-state index is 0.148. The van der Waals surface area contributed by atoms with Crippen LogP contribution in [0.3, 0.4) is 0 Å². The molecule has 0 bridgehead atoms. The van der Waals surface area contributed by atoms with E-state index in [2.05, 4.69) is 20.2 Å². The first-order valence-corrected chi connectivity index (χ1v) is 10.6. The van der Waals surface area contributed by atoms with Crippen molar-refractivity contribution in [3.05, 3.63) is 44.8 Å². The molecule has 0 spiro atoms. The highest BCUT2D eigenvalue weighted by atomic mass is 35.5. The first-order chi connectivity index (χ1) is 13.0. The Morgan fingerprint density at radius 3 is 2.78 bits per heavy atom. The van der Waals surface area contributed by atoms with Crippen molar-refractivity contribution in [3.63, 3.8) is 0 Å². The van der Waals surface area contributed by atoms with E-state index in [-0.39, 0.29) is 17.9 Å². The van der Waals surface area contributed by atoms with Gasteiger partial charge in [0.2, 0.25) is 5.91 Å². The van der Waals surface area contributed by atoms with E-state index >= 15 is 0 Å². The van der Waals surface area contributed by atoms with E-state index in [0.29, 0.717) is 27.9 Å². The molecule has 6 nitrogen and oxygen atoms in total. The van der Waals surface area contributed by atoms with Gasteiger partial charge in [0, 0.05) is 35.8 Å². The number of thioether (sulfide) groups is 1. The van der Waals surface area contributed by atoms with Crippen molar-refractivity contribution < 1.29 is 4.79 Å². The van der Waals surface area contributed by atoms with Gasteiger partial charge in [-0.15, -0.1) is 0 Å². The number of amides is 1. The molecule has 2 heterocycles. The molecule has 0 unspecified atom stereocenters. The summed E-state index contributed by atoms with van der Waals surface area (Å²) in [5.74, 6) is -0.148. The van der Waals surface area contributed by atoms with Crippen LogP contribution in [0.5, 0.6) is 0 Å². The number of nitrogens with zero attached hydrogens (tertiary/aromatic N) is 2. The van der Waals surface area contributed by atoms with Crippen LogP contribution in [0, 0.1) is 6.92 Å². The SMILES string of the molecule is CSc1nc(C)c(CCC(=O)Nc2cc(Cl)ccc2N2CCCC2)c(=O)[nH]1. The number of benzene rings is 1. The van der Waals surface area contributed by atoms with Crippen LogP contribution in [0.2, 0.25) is 5.02 Å². The number of hydrogen-bond donors (Lipinski definition) is 2. The van der Waals surface area contributed by atoms with Crippen LogP contribution >= 0.6 is 23.4 Å². The first kappa shape index (κ1) is 19.8. The second kappa shape index (κ2) is 8.80. The predicted molar refractivity (Wildman–Crippen MR) is 111 cm³/mol. The smallest absolute Gasteiger partial charge is 0.254 e. The van der Waals surface area contributed by atoms with Gasteiger partial charge in [-0.25, -0.2) is 4.98 Å². The van der Waals surface area contributed by atoms with Gasteiger partial charge in [0.1, 0.15) is 0 Å². The normalized spacial score (nSPS) is 13.8. The quantitative estimate of drug-likeness (QED) is 0.565. The van der Waals surface area contributed by atoms with Crippen LogP contribution in [-0.4, -0.2) is 35.2 Å². The van der Waals surface area contributed by atoms with E-state index < -0.39 is 0 Å². The Kier molecular flexibility index (Phi) is 6.44. The molecule has 1 aromatic carbocycles. The molecule has 0 atom stereocenters. The summed E-state index contributed by atoms with van der Waals surface area (Å²) in [6, 6.07) is 5.57. The summed E-state index contributed by atoms with van der Waals surface area (Å²) < 4.78 is 0. The summed E-state index contributed by atoms with van der Waals surface area (Å²) in [4.78, 5) is 34.0. The Bertz CT molecular complexity index is 894. The monoisotopic (exact) mass is 406 g/mol. The van der Waals surface area contributed by atoms with E-state index in [1.54, 1.807) is 13.0 Å². The zero-order valence-corrected chi connectivity index (χ0v) is 17.0. The standard InChI is InChI=1S/C19H23ClN4O2S/c1-12-14(18(26)23-19(21-12)27-2)6-8-17(25)22-15-11-13(20)5-7-16(15)24-9-3-4-10-24/h5,7,11H,3-4,6,8-10H2,1-2H3,(H,22,25)(H,21,23,26). The Morgan fingerprint density at radius 2 is 2.11 bits per heavy atom. The molecule has 0 saturated carbocycles. The second-order valence-corrected chi connectivity index (χ2v) is 7.77. The van der Waals surface area contributed by atoms with Gasteiger partial charge in [-0.05, 0) is 50.6 Å². The number of carbonyl (C=O) groups is 1. The lowest BCUT2D eigenvalue weighted by Gasteiger charge is -2.22. The van der Waals surface area contributed by atoms with Crippen molar-refractivity contribution in [2.45, 2.75) is 37.8 Å². The number of anilines is 2. The van der Waals surface area contributed by atoms with E-state index in [4.69, 9.17) is 11.6 Å². The van der Waals surface area contributed by atoms with Gasteiger partial charge >= 0.3 is 0 Å². The number of nitrogens with one attached hydrogen (secondary N) is 2. The van der Waals surface area contributed by atoms with Crippen molar-refractivity contribution in [1.29, 1.82) is 0 Å². The van der Waals surface area contributed by atoms with Crippen LogP contribution in [0.15, 0.2) is 28.2 Å². The van der Waals surface area contributed by atoms with Crippen molar-refractivity contribution in [1.82, 2.24) is 9.97 Å². The third kappa shape index (κ3) is 4.84. The summed E-state index contributed by atoms with van der Waals surface area (Å²) in [7, 11) is 0. The fraction of sp³-hybridized carbons (Fsp3) is 0.421. The number of halogens is 1. The maximum absolute atomic E-state index is 12.5. The molecule has 1 amide bonds. The number of carbonyl (C=O) groups excluding carboxylic acids is 1. The largest absolute Gasteiger partial charge is 0.370 e. The molecule has 1 aliphatic rings. The van der Waals surface area contributed by atoms with E-state index in [1.165, 1.54) is 11.8 Å². The fourth-order valence-electron chi connectivity index (χ4n) is 3.27. The number of aryl methyl sites for hydroxylation is 1. The topological polar surface area (TPSA) is 78.1 Å². The van der Waals surface area contributed by atoms with E-state index in [9.17, 15) is 9.59 Å². The van der Waals surface area contributed by atoms with Crippen LogP contribution in [0.25, 0.3) is 0 Å². The third-order valence-corrected chi connectivity index (χ3v) is 5.49. The van der Waals surface area contributed by atoms with Gasteiger partial charge in [0.25, 0.3) is 5.56 Å². The zero-order valence-electron chi connectivity index (χ0n) is 15.5. The molecule has 1 aromatic heterocycles. The van der Waals surface area contributed by atoms with Crippen LogP contribution in [0.4, 0.5) is 11.4 Å². The highest BCUT2D eigenvalue weighted by Gasteiger charge is 2.18. The van der Waals surface area contributed by atoms with Crippen molar-refractivity contribution in [2.24, 2.45) is 0 Å². The van der Waals surface area contributed by atoms with E-state index in [0.717, 1.165) is 37.3 Å². The number of H-pyrrole nitrogens is 1. The lowest BCUT2D eigenvalue weighted by Crippen LogP contribution is -2.22. The molecule has 1 saturated heterocycles. The average molecular weight is 407 g/mol. The lowest BCUT2D eigenvalue weighted by molar-refractivity contribution is -0.116. The minimum atomic E-state index is -0.180. The number of hydrogen-bond acceptors (Lipinski definition) is 5. The Hall–Kier alpha value is -1.99. The average Bonchev–Trinajstić information content (AvgIpc) is 3.15. The van der Waals surface area contributed by atoms with Gasteiger partial charge in [0.05, 0.1) is 11.4 Å². The Balaban J connectivity index is 1.70. The molecule has 2 aromatic rings. The van der Waals surface area contributed by atoms with Gasteiger partial charge in [-0.1, -0.05) is 23.4 Å². The summed E-state index contributed by atoms with van der Waals surface area (Å²) in [6.45, 7) is 3.75. The molecular weight excluding hydrogens is 384 g/mol. The molecule has 1 fully saturated rings. The molecule has 8 heteroatoms. The third-order valence-electron chi connectivity index (χ3n) is 4.68. The maximum Gasteiger partial charge on any atom is 0.254 e. The van der Waals surface area contributed by atoms with Crippen molar-refractivity contribution in [2.75, 3.05) is 29.6 Å². The zero-order chi connectivity index (χ0) is 19.4. The molecule has 144 valence electrons. The lowest BCUT2D eigenvalue weighted by atomic mass is 10.1. The van der Waals surface area contributed by atoms with Gasteiger partial charge in [-0.3, -0.25) is 9.59 Å². The highest BCUT2D eigenvalue weighted by Crippen LogP contribution is 2.31. The van der Waals surface area contributed by atoms with Crippen LogP contribution in [-0.2, 0) is 11.2 Å².